The van der Waals surface area contributed by atoms with E-state index in [2.05, 4.69) is 21.1 Å². The summed E-state index contributed by atoms with van der Waals surface area (Å²) in [5.74, 6) is 1.01. The number of hydrazone groups is 2. The quantitative estimate of drug-likeness (QED) is 0.439. The van der Waals surface area contributed by atoms with Crippen LogP contribution in [0.25, 0.3) is 0 Å². The topological polar surface area (TPSA) is 101 Å². The largest absolute Gasteiger partial charge is 0.375 e. The molecule has 2 atom stereocenters. The predicted octanol–water partition coefficient (Wildman–Crippen LogP) is 0.575. The molecule has 6 N–H and O–H groups in total. The molecule has 2 rings (SSSR count). The number of nitrogens with one attached hydrogen (secondary N) is 2. The van der Waals surface area contributed by atoms with Gasteiger partial charge in [0.15, 0.2) is 10.2 Å². The number of nitrogens with zero attached hydrogens (tertiary/aromatic N) is 2. The molecule has 2 bridgehead atoms. The van der Waals surface area contributed by atoms with Gasteiger partial charge >= 0.3 is 0 Å². The molecule has 0 amide bonds. The van der Waals surface area contributed by atoms with Crippen LogP contribution in [0.2, 0.25) is 0 Å². The van der Waals surface area contributed by atoms with Gasteiger partial charge in [0.1, 0.15) is 0 Å². The molecule has 0 saturated heterocycles. The van der Waals surface area contributed by atoms with Crippen LogP contribution in [-0.4, -0.2) is 21.6 Å². The van der Waals surface area contributed by atoms with Crippen molar-refractivity contribution in [3.63, 3.8) is 0 Å². The Morgan fingerprint density at radius 3 is 1.74 bits per heavy atom. The van der Waals surface area contributed by atoms with Gasteiger partial charge in [-0.15, -0.1) is 0 Å². The highest BCUT2D eigenvalue weighted by Crippen LogP contribution is 2.36. The summed E-state index contributed by atoms with van der Waals surface area (Å²) in [6, 6.07) is 0. The number of hydrogen-bond donors (Lipinski definition) is 4. The first-order valence-electron chi connectivity index (χ1n) is 6.30. The molecule has 104 valence electrons. The van der Waals surface area contributed by atoms with Crippen molar-refractivity contribution in [3.8, 4) is 0 Å². The second-order valence-electron chi connectivity index (χ2n) is 4.87. The van der Waals surface area contributed by atoms with E-state index in [0.29, 0.717) is 11.8 Å². The minimum atomic E-state index is 0.216. The Morgan fingerprint density at radius 1 is 0.947 bits per heavy atom. The molecule has 2 fully saturated rings. The molecule has 19 heavy (non-hydrogen) atoms. The van der Waals surface area contributed by atoms with Crippen LogP contribution in [-0.2, 0) is 0 Å². The van der Waals surface area contributed by atoms with Crippen LogP contribution >= 0.6 is 24.4 Å². The highest BCUT2D eigenvalue weighted by Gasteiger charge is 2.34. The van der Waals surface area contributed by atoms with Crippen molar-refractivity contribution in [1.82, 2.24) is 10.9 Å². The van der Waals surface area contributed by atoms with E-state index in [4.69, 9.17) is 35.9 Å². The van der Waals surface area contributed by atoms with Crippen LogP contribution < -0.4 is 22.3 Å². The minimum absolute atomic E-state index is 0.216. The Labute approximate surface area is 123 Å². The van der Waals surface area contributed by atoms with E-state index in [1.165, 1.54) is 11.4 Å². The maximum atomic E-state index is 5.39. The summed E-state index contributed by atoms with van der Waals surface area (Å²) < 4.78 is 0. The lowest BCUT2D eigenvalue weighted by Gasteiger charge is -2.36. The molecule has 0 spiro atoms. The standard InChI is InChI=1S/C11H18N6S2/c12-10(18)16-14-8-3-1-6-5-7(8)2-4-9(6)15-17-11(13)19/h6-7H,1-5H2,(H3,12,16,18)(H3,13,17,19)/b14-8-,15-9+/t6-,7-/m0/s1. The molecule has 2 aliphatic carbocycles. The SMILES string of the molecule is NC(=S)N/N=C1/CC[C@H]2C[C@@H]1CC/C2=N\NC(N)=S. The number of thiocarbonyl (C=S) groups is 2. The monoisotopic (exact) mass is 298 g/mol. The highest BCUT2D eigenvalue weighted by molar-refractivity contribution is 7.80. The van der Waals surface area contributed by atoms with Gasteiger partial charge in [0.25, 0.3) is 0 Å². The van der Waals surface area contributed by atoms with Gasteiger partial charge in [-0.05, 0) is 56.5 Å². The summed E-state index contributed by atoms with van der Waals surface area (Å²) >= 11 is 9.52. The molecule has 8 heteroatoms. The molecule has 0 aromatic carbocycles. The van der Waals surface area contributed by atoms with Crippen molar-refractivity contribution in [2.24, 2.45) is 33.5 Å². The zero-order chi connectivity index (χ0) is 13.8. The molecule has 0 aromatic heterocycles. The lowest BCUT2D eigenvalue weighted by Crippen LogP contribution is -2.38. The van der Waals surface area contributed by atoms with Crippen molar-refractivity contribution in [2.45, 2.75) is 32.1 Å². The van der Waals surface area contributed by atoms with Crippen LogP contribution in [0.15, 0.2) is 10.2 Å². The molecule has 2 aliphatic rings. The average molecular weight is 298 g/mol. The van der Waals surface area contributed by atoms with Gasteiger partial charge in [-0.25, -0.2) is 0 Å². The van der Waals surface area contributed by atoms with Crippen LogP contribution in [0, 0.1) is 11.8 Å². The van der Waals surface area contributed by atoms with E-state index >= 15 is 0 Å². The second kappa shape index (κ2) is 6.25. The van der Waals surface area contributed by atoms with Crippen molar-refractivity contribution in [3.05, 3.63) is 0 Å². The number of fused-ring (bicyclic) bond motifs is 2. The predicted molar refractivity (Wildman–Crippen MR) is 84.8 cm³/mol. The summed E-state index contributed by atoms with van der Waals surface area (Å²) in [7, 11) is 0. The van der Waals surface area contributed by atoms with E-state index in [-0.39, 0.29) is 10.2 Å². The lowest BCUT2D eigenvalue weighted by atomic mass is 9.70. The van der Waals surface area contributed by atoms with Gasteiger partial charge in [-0.3, -0.25) is 10.9 Å². The molecule has 0 unspecified atom stereocenters. The summed E-state index contributed by atoms with van der Waals surface area (Å²) in [5, 5.41) is 9.05. The van der Waals surface area contributed by atoms with Crippen molar-refractivity contribution in [1.29, 1.82) is 0 Å². The van der Waals surface area contributed by atoms with Crippen molar-refractivity contribution >= 4 is 46.1 Å². The molecule has 0 aromatic rings. The van der Waals surface area contributed by atoms with Gasteiger partial charge in [0.05, 0.1) is 0 Å². The first-order valence-corrected chi connectivity index (χ1v) is 7.11. The molecule has 0 aliphatic heterocycles. The summed E-state index contributed by atoms with van der Waals surface area (Å²) in [6.45, 7) is 0. The van der Waals surface area contributed by atoms with E-state index < -0.39 is 0 Å². The summed E-state index contributed by atoms with van der Waals surface area (Å²) in [4.78, 5) is 0. The van der Waals surface area contributed by atoms with Crippen LogP contribution in [0.3, 0.4) is 0 Å². The Kier molecular flexibility index (Phi) is 4.65. The maximum absolute atomic E-state index is 5.39. The van der Waals surface area contributed by atoms with E-state index in [0.717, 1.165) is 32.1 Å². The normalized spacial score (nSPS) is 30.1. The van der Waals surface area contributed by atoms with Crippen molar-refractivity contribution < 1.29 is 0 Å². The summed E-state index contributed by atoms with van der Waals surface area (Å²) in [6.07, 6.45) is 5.09. The van der Waals surface area contributed by atoms with Gasteiger partial charge in [0, 0.05) is 23.3 Å². The fourth-order valence-corrected chi connectivity index (χ4v) is 2.88. The molecular weight excluding hydrogens is 280 g/mol. The fourth-order valence-electron chi connectivity index (χ4n) is 2.79. The zero-order valence-electron chi connectivity index (χ0n) is 10.6. The zero-order valence-corrected chi connectivity index (χ0v) is 12.2. The minimum Gasteiger partial charge on any atom is -0.375 e. The van der Waals surface area contributed by atoms with Gasteiger partial charge in [-0.1, -0.05) is 0 Å². The number of rotatable bonds is 2. The van der Waals surface area contributed by atoms with E-state index in [1.54, 1.807) is 0 Å². The summed E-state index contributed by atoms with van der Waals surface area (Å²) in [5.41, 5.74) is 18.5. The first kappa shape index (κ1) is 14.1. The van der Waals surface area contributed by atoms with Gasteiger partial charge in [-0.2, -0.15) is 10.2 Å². The van der Waals surface area contributed by atoms with Crippen molar-refractivity contribution in [2.75, 3.05) is 0 Å². The number of hydrogen-bond acceptors (Lipinski definition) is 4. The maximum Gasteiger partial charge on any atom is 0.184 e. The Hall–Kier alpha value is -1.28. The van der Waals surface area contributed by atoms with Crippen LogP contribution in [0.5, 0.6) is 0 Å². The molecule has 0 radical (unpaired) electrons. The second-order valence-corrected chi connectivity index (χ2v) is 5.74. The van der Waals surface area contributed by atoms with Crippen LogP contribution in [0.1, 0.15) is 32.1 Å². The van der Waals surface area contributed by atoms with Gasteiger partial charge in [0.2, 0.25) is 0 Å². The highest BCUT2D eigenvalue weighted by atomic mass is 32.1. The van der Waals surface area contributed by atoms with Gasteiger partial charge < -0.3 is 11.5 Å². The fraction of sp³-hybridized carbons (Fsp3) is 0.636. The third-order valence-corrected chi connectivity index (χ3v) is 3.81. The first-order chi connectivity index (χ1) is 9.06. The molecule has 6 nitrogen and oxygen atoms in total. The smallest absolute Gasteiger partial charge is 0.184 e. The number of nitrogens with two attached hydrogens (primary N) is 2. The third kappa shape index (κ3) is 3.84. The molecular formula is C11H18N6S2. The van der Waals surface area contributed by atoms with Crippen LogP contribution in [0.4, 0.5) is 0 Å². The third-order valence-electron chi connectivity index (χ3n) is 3.63. The Morgan fingerprint density at radius 2 is 1.37 bits per heavy atom. The average Bonchev–Trinajstić information content (AvgIpc) is 2.36. The van der Waals surface area contributed by atoms with E-state index in [9.17, 15) is 0 Å². The Bertz CT molecular complexity index is 404. The lowest BCUT2D eigenvalue weighted by molar-refractivity contribution is 0.404. The molecule has 0 heterocycles. The molecule has 2 saturated carbocycles. The Balaban J connectivity index is 1.98. The van der Waals surface area contributed by atoms with E-state index in [1.807, 2.05) is 0 Å².